The van der Waals surface area contributed by atoms with Crippen LogP contribution in [0.1, 0.15) is 78.6 Å². The van der Waals surface area contributed by atoms with E-state index in [1.807, 2.05) is 45.2 Å². The highest BCUT2D eigenvalue weighted by Gasteiger charge is 2.23. The maximum Gasteiger partial charge on any atom is 0.220 e. The van der Waals surface area contributed by atoms with Gasteiger partial charge in [0.2, 0.25) is 5.78 Å². The molecule has 0 saturated heterocycles. The SMILES string of the molecule is C/C=C/n1c2ncccc2n2c(CN(CCC)CCC3CC3)c(C)nc12.CC.CC(C)/C=C/Cl. The van der Waals surface area contributed by atoms with Gasteiger partial charge in [0.15, 0.2) is 5.65 Å². The summed E-state index contributed by atoms with van der Waals surface area (Å²) in [5, 5.41) is 0. The molecule has 3 aromatic heterocycles. The molecular formula is C28H44ClN5. The number of allylic oxidation sites excluding steroid dienone is 2. The van der Waals surface area contributed by atoms with Gasteiger partial charge in [0.1, 0.15) is 0 Å². The van der Waals surface area contributed by atoms with Gasteiger partial charge in [-0.05, 0) is 63.7 Å². The van der Waals surface area contributed by atoms with Crippen molar-refractivity contribution in [3.05, 3.63) is 47.4 Å². The lowest BCUT2D eigenvalue weighted by Crippen LogP contribution is -2.26. The minimum absolute atomic E-state index is 0.586. The van der Waals surface area contributed by atoms with Gasteiger partial charge < -0.3 is 0 Å². The second-order valence-electron chi connectivity index (χ2n) is 9.05. The fourth-order valence-electron chi connectivity index (χ4n) is 3.99. The molecule has 1 aliphatic rings. The maximum absolute atomic E-state index is 5.22. The van der Waals surface area contributed by atoms with Crippen LogP contribution in [0.4, 0.5) is 0 Å². The second-order valence-corrected chi connectivity index (χ2v) is 9.30. The number of pyridine rings is 1. The van der Waals surface area contributed by atoms with E-state index in [1.54, 1.807) is 5.54 Å². The largest absolute Gasteiger partial charge is 0.298 e. The number of hydrogen-bond donors (Lipinski definition) is 0. The summed E-state index contributed by atoms with van der Waals surface area (Å²) in [7, 11) is 0. The molecule has 4 rings (SSSR count). The standard InChI is InChI=1S/C21H29N5.C5H9Cl.C2H6/c1-4-12-24(14-10-17-8-9-17)15-19-16(3)23-21-25(13-5-2)20-18(26(19)21)7-6-11-22-20;1-5(2)3-4-6;1-2/h5-7,11,13,17H,4,8-10,12,14-15H2,1-3H3;3-5H,1-2H3;1-2H3/b13-5+;4-3+;. The van der Waals surface area contributed by atoms with Crippen molar-refractivity contribution < 1.29 is 0 Å². The van der Waals surface area contributed by atoms with Crippen molar-refractivity contribution in [2.45, 2.75) is 80.7 Å². The number of nitrogens with zero attached hydrogens (tertiary/aromatic N) is 5. The summed E-state index contributed by atoms with van der Waals surface area (Å²) >= 11 is 5.22. The lowest BCUT2D eigenvalue weighted by Gasteiger charge is -2.21. The number of halogens is 1. The molecule has 0 radical (unpaired) electrons. The number of rotatable bonds is 9. The Kier molecular flexibility index (Phi) is 11.9. The van der Waals surface area contributed by atoms with Gasteiger partial charge in [-0.15, -0.1) is 0 Å². The zero-order valence-corrected chi connectivity index (χ0v) is 23.0. The van der Waals surface area contributed by atoms with Gasteiger partial charge >= 0.3 is 0 Å². The lowest BCUT2D eigenvalue weighted by molar-refractivity contribution is 0.254. The van der Waals surface area contributed by atoms with Crippen LogP contribution in [0.25, 0.3) is 23.1 Å². The number of aryl methyl sites for hydroxylation is 1. The number of fused-ring (bicyclic) bond motifs is 3. The van der Waals surface area contributed by atoms with Crippen molar-refractivity contribution in [3.8, 4) is 0 Å². The number of hydrogen-bond acceptors (Lipinski definition) is 3. The van der Waals surface area contributed by atoms with E-state index in [-0.39, 0.29) is 0 Å². The third-order valence-corrected chi connectivity index (χ3v) is 5.97. The molecule has 1 saturated carbocycles. The van der Waals surface area contributed by atoms with Crippen molar-refractivity contribution in [2.24, 2.45) is 11.8 Å². The maximum atomic E-state index is 5.22. The summed E-state index contributed by atoms with van der Waals surface area (Å²) < 4.78 is 4.40. The Balaban J connectivity index is 0.000000447. The zero-order valence-electron chi connectivity index (χ0n) is 22.3. The summed E-state index contributed by atoms with van der Waals surface area (Å²) in [6.07, 6.45) is 13.3. The van der Waals surface area contributed by atoms with E-state index in [0.717, 1.165) is 41.6 Å². The van der Waals surface area contributed by atoms with Crippen LogP contribution in [-0.4, -0.2) is 36.9 Å². The van der Waals surface area contributed by atoms with Crippen LogP contribution in [0.5, 0.6) is 0 Å². The molecule has 3 heterocycles. The Labute approximate surface area is 211 Å². The van der Waals surface area contributed by atoms with Crippen LogP contribution < -0.4 is 0 Å². The van der Waals surface area contributed by atoms with Crippen molar-refractivity contribution in [3.63, 3.8) is 0 Å². The molecule has 1 aliphatic carbocycles. The minimum atomic E-state index is 0.586. The van der Waals surface area contributed by atoms with Gasteiger partial charge in [0, 0.05) is 24.5 Å². The molecule has 0 bridgehead atoms. The molecule has 34 heavy (non-hydrogen) atoms. The van der Waals surface area contributed by atoms with Crippen LogP contribution in [-0.2, 0) is 6.54 Å². The first-order valence-corrected chi connectivity index (χ1v) is 13.4. The van der Waals surface area contributed by atoms with E-state index in [4.69, 9.17) is 16.6 Å². The number of imidazole rings is 2. The molecule has 3 aromatic rings. The highest BCUT2D eigenvalue weighted by Crippen LogP contribution is 2.32. The first-order valence-electron chi connectivity index (χ1n) is 12.9. The van der Waals surface area contributed by atoms with E-state index in [1.165, 1.54) is 37.9 Å². The van der Waals surface area contributed by atoms with Crippen LogP contribution in [0.3, 0.4) is 0 Å². The fraction of sp³-hybridized carbons (Fsp3) is 0.571. The quantitative estimate of drug-likeness (QED) is 0.309. The van der Waals surface area contributed by atoms with Gasteiger partial charge in [0.25, 0.3) is 0 Å². The van der Waals surface area contributed by atoms with Crippen LogP contribution in [0.15, 0.2) is 36.0 Å². The summed E-state index contributed by atoms with van der Waals surface area (Å²) in [5.74, 6) is 2.52. The average Bonchev–Trinajstić information content (AvgIpc) is 3.55. The molecule has 0 amide bonds. The van der Waals surface area contributed by atoms with Gasteiger partial charge in [-0.2, -0.15) is 0 Å². The predicted octanol–water partition coefficient (Wildman–Crippen LogP) is 7.92. The molecular weight excluding hydrogens is 442 g/mol. The minimum Gasteiger partial charge on any atom is -0.298 e. The van der Waals surface area contributed by atoms with E-state index in [9.17, 15) is 0 Å². The molecule has 0 atom stereocenters. The highest BCUT2D eigenvalue weighted by atomic mass is 35.5. The smallest absolute Gasteiger partial charge is 0.220 e. The van der Waals surface area contributed by atoms with Crippen LogP contribution >= 0.6 is 11.6 Å². The zero-order chi connectivity index (χ0) is 25.1. The fourth-order valence-corrected chi connectivity index (χ4v) is 4.28. The third kappa shape index (κ3) is 7.44. The van der Waals surface area contributed by atoms with E-state index < -0.39 is 0 Å². The Morgan fingerprint density at radius 1 is 1.24 bits per heavy atom. The summed E-state index contributed by atoms with van der Waals surface area (Å²) in [5.41, 5.74) is 6.07. The van der Waals surface area contributed by atoms with Crippen LogP contribution in [0.2, 0.25) is 0 Å². The van der Waals surface area contributed by atoms with E-state index in [2.05, 4.69) is 58.8 Å². The first-order chi connectivity index (χ1) is 16.5. The van der Waals surface area contributed by atoms with Crippen LogP contribution in [0, 0.1) is 18.8 Å². The Hall–Kier alpha value is -2.11. The molecule has 0 spiro atoms. The first kappa shape index (κ1) is 28.1. The van der Waals surface area contributed by atoms with Gasteiger partial charge in [-0.25, -0.2) is 9.97 Å². The van der Waals surface area contributed by atoms with Crippen molar-refractivity contribution in [1.29, 1.82) is 0 Å². The highest BCUT2D eigenvalue weighted by molar-refractivity contribution is 6.25. The van der Waals surface area contributed by atoms with Crippen molar-refractivity contribution in [2.75, 3.05) is 13.1 Å². The molecule has 0 aliphatic heterocycles. The molecule has 0 unspecified atom stereocenters. The second kappa shape index (κ2) is 14.3. The normalized spacial score (nSPS) is 13.8. The Morgan fingerprint density at radius 2 is 1.97 bits per heavy atom. The van der Waals surface area contributed by atoms with E-state index >= 15 is 0 Å². The summed E-state index contributed by atoms with van der Waals surface area (Å²) in [4.78, 5) is 12.1. The van der Waals surface area contributed by atoms with Crippen molar-refractivity contribution >= 4 is 34.7 Å². The predicted molar refractivity (Wildman–Crippen MR) is 148 cm³/mol. The Bertz CT molecular complexity index is 1060. The van der Waals surface area contributed by atoms with Gasteiger partial charge in [-0.1, -0.05) is 71.2 Å². The molecule has 6 heteroatoms. The third-order valence-electron chi connectivity index (χ3n) is 5.83. The van der Waals surface area contributed by atoms with E-state index in [0.29, 0.717) is 5.92 Å². The van der Waals surface area contributed by atoms with Gasteiger partial charge in [0.05, 0.1) is 16.9 Å². The summed E-state index contributed by atoms with van der Waals surface area (Å²) in [6.45, 7) is 17.9. The molecule has 0 aromatic carbocycles. The summed E-state index contributed by atoms with van der Waals surface area (Å²) in [6, 6.07) is 4.16. The molecule has 5 nitrogen and oxygen atoms in total. The molecule has 1 fully saturated rings. The lowest BCUT2D eigenvalue weighted by atomic mass is 10.2. The van der Waals surface area contributed by atoms with Crippen molar-refractivity contribution in [1.82, 2.24) is 23.8 Å². The molecule has 188 valence electrons. The topological polar surface area (TPSA) is 38.4 Å². The monoisotopic (exact) mass is 485 g/mol. The molecule has 0 N–H and O–H groups in total. The Morgan fingerprint density at radius 3 is 2.53 bits per heavy atom. The number of aromatic nitrogens is 4. The average molecular weight is 486 g/mol. The van der Waals surface area contributed by atoms with Gasteiger partial charge in [-0.3, -0.25) is 13.9 Å².